The SMILES string of the molecule is Cc1ccc(C(C)C)c(OCc2nn3c(-c4ccccc4C)nnc3s2)c1. The van der Waals surface area contributed by atoms with Crippen molar-refractivity contribution in [3.63, 3.8) is 0 Å². The van der Waals surface area contributed by atoms with Crippen molar-refractivity contribution >= 4 is 16.3 Å². The van der Waals surface area contributed by atoms with Crippen LogP contribution in [-0.2, 0) is 6.61 Å². The molecule has 0 bridgehead atoms. The van der Waals surface area contributed by atoms with Crippen molar-refractivity contribution < 1.29 is 4.74 Å². The topological polar surface area (TPSA) is 52.3 Å². The van der Waals surface area contributed by atoms with Gasteiger partial charge in [0.15, 0.2) is 10.8 Å². The molecular weight excluding hydrogens is 356 g/mol. The first-order chi connectivity index (χ1) is 13.0. The zero-order chi connectivity index (χ0) is 19.0. The van der Waals surface area contributed by atoms with Crippen LogP contribution in [0.1, 0.15) is 41.5 Å². The minimum Gasteiger partial charge on any atom is -0.486 e. The molecule has 5 nitrogen and oxygen atoms in total. The summed E-state index contributed by atoms with van der Waals surface area (Å²) in [6.45, 7) is 8.92. The third kappa shape index (κ3) is 3.45. The van der Waals surface area contributed by atoms with E-state index in [0.717, 1.165) is 32.7 Å². The third-order valence-corrected chi connectivity index (χ3v) is 5.43. The largest absolute Gasteiger partial charge is 0.486 e. The van der Waals surface area contributed by atoms with Crippen molar-refractivity contribution in [3.8, 4) is 17.1 Å². The average Bonchev–Trinajstić information content (AvgIpc) is 3.20. The number of aromatic nitrogens is 4. The molecule has 0 saturated heterocycles. The van der Waals surface area contributed by atoms with E-state index < -0.39 is 0 Å². The summed E-state index contributed by atoms with van der Waals surface area (Å²) in [6, 6.07) is 14.5. The van der Waals surface area contributed by atoms with Gasteiger partial charge in [0.2, 0.25) is 4.96 Å². The lowest BCUT2D eigenvalue weighted by atomic mass is 10.0. The Morgan fingerprint density at radius 1 is 1.07 bits per heavy atom. The second kappa shape index (κ2) is 7.12. The van der Waals surface area contributed by atoms with E-state index >= 15 is 0 Å². The van der Waals surface area contributed by atoms with Crippen LogP contribution >= 0.6 is 11.3 Å². The van der Waals surface area contributed by atoms with Crippen LogP contribution in [0.15, 0.2) is 42.5 Å². The minimum atomic E-state index is 0.408. The molecular formula is C21H22N4OS. The number of rotatable bonds is 5. The van der Waals surface area contributed by atoms with Crippen molar-refractivity contribution in [3.05, 3.63) is 64.2 Å². The van der Waals surface area contributed by atoms with Gasteiger partial charge >= 0.3 is 0 Å². The van der Waals surface area contributed by atoms with Crippen molar-refractivity contribution in [1.29, 1.82) is 0 Å². The highest BCUT2D eigenvalue weighted by molar-refractivity contribution is 7.16. The van der Waals surface area contributed by atoms with E-state index in [4.69, 9.17) is 4.74 Å². The summed E-state index contributed by atoms with van der Waals surface area (Å²) in [7, 11) is 0. The predicted molar refractivity (Wildman–Crippen MR) is 108 cm³/mol. The monoisotopic (exact) mass is 378 g/mol. The van der Waals surface area contributed by atoms with Crippen molar-refractivity contribution in [2.45, 2.75) is 40.2 Å². The molecule has 0 N–H and O–H groups in total. The molecule has 138 valence electrons. The van der Waals surface area contributed by atoms with Gasteiger partial charge in [-0.3, -0.25) is 0 Å². The van der Waals surface area contributed by atoms with E-state index in [1.807, 2.05) is 22.7 Å². The van der Waals surface area contributed by atoms with Gasteiger partial charge in [-0.2, -0.15) is 9.61 Å². The first-order valence-corrected chi connectivity index (χ1v) is 9.85. The summed E-state index contributed by atoms with van der Waals surface area (Å²) < 4.78 is 7.93. The quantitative estimate of drug-likeness (QED) is 0.481. The highest BCUT2D eigenvalue weighted by atomic mass is 32.1. The zero-order valence-corrected chi connectivity index (χ0v) is 16.7. The van der Waals surface area contributed by atoms with E-state index in [-0.39, 0.29) is 0 Å². The fraction of sp³-hybridized carbons (Fsp3) is 0.286. The Labute approximate surface area is 162 Å². The van der Waals surface area contributed by atoms with Crippen LogP contribution in [0.2, 0.25) is 0 Å². The highest BCUT2D eigenvalue weighted by Gasteiger charge is 2.16. The lowest BCUT2D eigenvalue weighted by Gasteiger charge is -2.14. The van der Waals surface area contributed by atoms with Crippen LogP contribution in [0.4, 0.5) is 0 Å². The molecule has 0 spiro atoms. The number of ether oxygens (including phenoxy) is 1. The maximum absolute atomic E-state index is 6.12. The van der Waals surface area contributed by atoms with Gasteiger partial charge in [-0.15, -0.1) is 10.2 Å². The van der Waals surface area contributed by atoms with Gasteiger partial charge in [0.1, 0.15) is 12.4 Å². The lowest BCUT2D eigenvalue weighted by molar-refractivity contribution is 0.299. The molecule has 0 radical (unpaired) electrons. The van der Waals surface area contributed by atoms with Crippen LogP contribution in [0, 0.1) is 13.8 Å². The molecule has 2 aromatic carbocycles. The van der Waals surface area contributed by atoms with E-state index in [2.05, 4.69) is 67.3 Å². The summed E-state index contributed by atoms with van der Waals surface area (Å²) >= 11 is 1.51. The third-order valence-electron chi connectivity index (χ3n) is 4.56. The van der Waals surface area contributed by atoms with Crippen molar-refractivity contribution in [2.75, 3.05) is 0 Å². The Morgan fingerprint density at radius 3 is 2.67 bits per heavy atom. The van der Waals surface area contributed by atoms with Gasteiger partial charge in [-0.25, -0.2) is 0 Å². The number of hydrogen-bond donors (Lipinski definition) is 0. The highest BCUT2D eigenvalue weighted by Crippen LogP contribution is 2.29. The standard InChI is InChI=1S/C21H22N4OS/c1-13(2)16-10-9-14(3)11-18(16)26-12-19-24-25-20(22-23-21(25)27-19)17-8-6-5-7-15(17)4/h5-11,13H,12H2,1-4H3. The van der Waals surface area contributed by atoms with Gasteiger partial charge in [0.25, 0.3) is 0 Å². The molecule has 4 aromatic rings. The van der Waals surface area contributed by atoms with Crippen LogP contribution in [0.5, 0.6) is 5.75 Å². The maximum atomic E-state index is 6.12. The minimum absolute atomic E-state index is 0.408. The second-order valence-corrected chi connectivity index (χ2v) is 8.05. The summed E-state index contributed by atoms with van der Waals surface area (Å²) in [4.78, 5) is 0.778. The first kappa shape index (κ1) is 17.7. The van der Waals surface area contributed by atoms with Crippen LogP contribution in [0.3, 0.4) is 0 Å². The molecule has 0 aliphatic heterocycles. The molecule has 4 rings (SSSR count). The smallest absolute Gasteiger partial charge is 0.235 e. The molecule has 0 saturated carbocycles. The molecule has 0 unspecified atom stereocenters. The van der Waals surface area contributed by atoms with Crippen LogP contribution in [0.25, 0.3) is 16.3 Å². The Hall–Kier alpha value is -2.73. The summed E-state index contributed by atoms with van der Waals surface area (Å²) in [5, 5.41) is 14.2. The molecule has 6 heteroatoms. The van der Waals surface area contributed by atoms with Gasteiger partial charge in [0, 0.05) is 5.56 Å². The van der Waals surface area contributed by atoms with E-state index in [0.29, 0.717) is 12.5 Å². The lowest BCUT2D eigenvalue weighted by Crippen LogP contribution is -2.01. The predicted octanol–water partition coefficient (Wildman–Crippen LogP) is 5.17. The van der Waals surface area contributed by atoms with Crippen molar-refractivity contribution in [2.24, 2.45) is 0 Å². The molecule has 27 heavy (non-hydrogen) atoms. The Balaban J connectivity index is 1.62. The maximum Gasteiger partial charge on any atom is 0.235 e. The van der Waals surface area contributed by atoms with Crippen LogP contribution in [-0.4, -0.2) is 19.8 Å². The Bertz CT molecular complexity index is 1100. The molecule has 0 aliphatic rings. The second-order valence-electron chi connectivity index (χ2n) is 7.01. The first-order valence-electron chi connectivity index (χ1n) is 9.03. The number of fused-ring (bicyclic) bond motifs is 1. The fourth-order valence-electron chi connectivity index (χ4n) is 3.09. The molecule has 2 heterocycles. The van der Waals surface area contributed by atoms with Crippen molar-refractivity contribution in [1.82, 2.24) is 19.8 Å². The fourth-order valence-corrected chi connectivity index (χ4v) is 3.84. The number of aryl methyl sites for hydroxylation is 2. The normalized spacial score (nSPS) is 11.4. The Kier molecular flexibility index (Phi) is 4.66. The zero-order valence-electron chi connectivity index (χ0n) is 15.9. The van der Waals surface area contributed by atoms with E-state index in [9.17, 15) is 0 Å². The summed E-state index contributed by atoms with van der Waals surface area (Å²) in [5.74, 6) is 2.10. The van der Waals surface area contributed by atoms with Gasteiger partial charge in [0.05, 0.1) is 0 Å². The average molecular weight is 379 g/mol. The number of hydrogen-bond acceptors (Lipinski definition) is 5. The van der Waals surface area contributed by atoms with Gasteiger partial charge in [-0.05, 0) is 42.5 Å². The molecule has 0 fully saturated rings. The molecule has 0 amide bonds. The Morgan fingerprint density at radius 2 is 1.89 bits per heavy atom. The molecule has 2 aromatic heterocycles. The molecule has 0 atom stereocenters. The number of nitrogens with zero attached hydrogens (tertiary/aromatic N) is 4. The van der Waals surface area contributed by atoms with E-state index in [1.54, 1.807) is 0 Å². The van der Waals surface area contributed by atoms with Crippen LogP contribution < -0.4 is 4.74 Å². The van der Waals surface area contributed by atoms with E-state index in [1.165, 1.54) is 22.5 Å². The summed E-state index contributed by atoms with van der Waals surface area (Å²) in [6.07, 6.45) is 0. The number of benzene rings is 2. The summed E-state index contributed by atoms with van der Waals surface area (Å²) in [5.41, 5.74) is 4.60. The van der Waals surface area contributed by atoms with Gasteiger partial charge < -0.3 is 4.74 Å². The van der Waals surface area contributed by atoms with Gasteiger partial charge in [-0.1, -0.05) is 61.6 Å². The molecule has 0 aliphatic carbocycles.